The summed E-state index contributed by atoms with van der Waals surface area (Å²) < 4.78 is 5.92. The summed E-state index contributed by atoms with van der Waals surface area (Å²) in [7, 11) is 2.15. The van der Waals surface area contributed by atoms with Gasteiger partial charge in [-0.15, -0.1) is 0 Å². The molecule has 2 aromatic rings. The normalized spacial score (nSPS) is 20.7. The van der Waals surface area contributed by atoms with Crippen LogP contribution in [0.1, 0.15) is 12.5 Å². The quantitative estimate of drug-likeness (QED) is 0.824. The molecule has 3 heterocycles. The van der Waals surface area contributed by atoms with Crippen molar-refractivity contribution in [2.75, 3.05) is 49.6 Å². The van der Waals surface area contributed by atoms with E-state index in [1.165, 1.54) is 0 Å². The summed E-state index contributed by atoms with van der Waals surface area (Å²) in [6.07, 6.45) is 4.00. The van der Waals surface area contributed by atoms with Gasteiger partial charge in [-0.25, -0.2) is 9.97 Å². The molecule has 138 valence electrons. The molecule has 6 nitrogen and oxygen atoms in total. The minimum absolute atomic E-state index is 0.134. The zero-order valence-electron chi connectivity index (χ0n) is 15.2. The van der Waals surface area contributed by atoms with Crippen molar-refractivity contribution in [2.24, 2.45) is 0 Å². The standard InChI is InChI=1S/C19H24ClN5O/c1-14-12-25(17-9-16(20)3-4-18(17)26-14)13-15-10-21-19(22-11-15)24-7-5-23(2)6-8-24/h3-4,9-11,14H,5-8,12-13H2,1-2H3/t14-/m1/s1. The molecule has 1 atom stereocenters. The molecule has 0 N–H and O–H groups in total. The Morgan fingerprint density at radius 3 is 2.62 bits per heavy atom. The van der Waals surface area contributed by atoms with E-state index in [4.69, 9.17) is 16.3 Å². The minimum atomic E-state index is 0.134. The second-order valence-corrected chi connectivity index (χ2v) is 7.54. The molecule has 1 aromatic heterocycles. The first kappa shape index (κ1) is 17.4. The van der Waals surface area contributed by atoms with Crippen LogP contribution in [0.3, 0.4) is 0 Å². The zero-order chi connectivity index (χ0) is 18.1. The van der Waals surface area contributed by atoms with Gasteiger partial charge in [-0.1, -0.05) is 11.6 Å². The molecule has 0 spiro atoms. The molecule has 0 radical (unpaired) electrons. The number of ether oxygens (including phenoxy) is 1. The Morgan fingerprint density at radius 1 is 1.15 bits per heavy atom. The van der Waals surface area contributed by atoms with Gasteiger partial charge in [-0.2, -0.15) is 0 Å². The molecule has 4 rings (SSSR count). The maximum Gasteiger partial charge on any atom is 0.225 e. The SMILES string of the molecule is C[C@@H]1CN(Cc2cnc(N3CCN(C)CC3)nc2)c2cc(Cl)ccc2O1. The van der Waals surface area contributed by atoms with Gasteiger partial charge in [-0.3, -0.25) is 0 Å². The van der Waals surface area contributed by atoms with Crippen molar-refractivity contribution in [1.29, 1.82) is 0 Å². The van der Waals surface area contributed by atoms with Crippen LogP contribution in [-0.4, -0.2) is 60.7 Å². The lowest BCUT2D eigenvalue weighted by molar-refractivity contribution is 0.212. The number of halogens is 1. The van der Waals surface area contributed by atoms with Gasteiger partial charge < -0.3 is 19.4 Å². The highest BCUT2D eigenvalue weighted by molar-refractivity contribution is 6.30. The van der Waals surface area contributed by atoms with Gasteiger partial charge in [0, 0.05) is 55.7 Å². The molecule has 2 aliphatic heterocycles. The predicted molar refractivity (Wildman–Crippen MR) is 104 cm³/mol. The lowest BCUT2D eigenvalue weighted by Gasteiger charge is -2.35. The Morgan fingerprint density at radius 2 is 1.88 bits per heavy atom. The highest BCUT2D eigenvalue weighted by Crippen LogP contribution is 2.36. The van der Waals surface area contributed by atoms with Crippen LogP contribution in [0.15, 0.2) is 30.6 Å². The molecule has 2 aliphatic rings. The van der Waals surface area contributed by atoms with Crippen molar-refractivity contribution >= 4 is 23.2 Å². The van der Waals surface area contributed by atoms with Crippen LogP contribution >= 0.6 is 11.6 Å². The topological polar surface area (TPSA) is 44.7 Å². The van der Waals surface area contributed by atoms with Crippen LogP contribution < -0.4 is 14.5 Å². The largest absolute Gasteiger partial charge is 0.487 e. The fourth-order valence-electron chi connectivity index (χ4n) is 3.47. The Kier molecular flexibility index (Phi) is 4.87. The second-order valence-electron chi connectivity index (χ2n) is 7.10. The molecule has 0 unspecified atom stereocenters. The van der Waals surface area contributed by atoms with E-state index >= 15 is 0 Å². The van der Waals surface area contributed by atoms with Crippen molar-refractivity contribution in [3.63, 3.8) is 0 Å². The first-order valence-corrected chi connectivity index (χ1v) is 9.42. The molecular weight excluding hydrogens is 350 g/mol. The third-order valence-electron chi connectivity index (χ3n) is 4.92. The molecule has 0 saturated carbocycles. The van der Waals surface area contributed by atoms with Crippen molar-refractivity contribution in [2.45, 2.75) is 19.6 Å². The van der Waals surface area contributed by atoms with Crippen molar-refractivity contribution < 1.29 is 4.74 Å². The second kappa shape index (κ2) is 7.29. The molecule has 1 fully saturated rings. The number of rotatable bonds is 3. The first-order valence-electron chi connectivity index (χ1n) is 9.04. The van der Waals surface area contributed by atoms with E-state index in [-0.39, 0.29) is 6.10 Å². The van der Waals surface area contributed by atoms with Crippen LogP contribution in [0.2, 0.25) is 5.02 Å². The van der Waals surface area contributed by atoms with E-state index in [1.807, 2.05) is 30.6 Å². The Bertz CT molecular complexity index is 761. The van der Waals surface area contributed by atoms with E-state index in [0.29, 0.717) is 5.02 Å². The Labute approximate surface area is 159 Å². The number of benzene rings is 1. The van der Waals surface area contributed by atoms with Crippen LogP contribution in [-0.2, 0) is 6.54 Å². The molecule has 7 heteroatoms. The number of nitrogens with zero attached hydrogens (tertiary/aromatic N) is 5. The summed E-state index contributed by atoms with van der Waals surface area (Å²) >= 11 is 6.18. The molecule has 1 aromatic carbocycles. The number of piperazine rings is 1. The van der Waals surface area contributed by atoms with Gasteiger partial charge >= 0.3 is 0 Å². The van der Waals surface area contributed by atoms with E-state index in [1.54, 1.807) is 0 Å². The van der Waals surface area contributed by atoms with Gasteiger partial charge in [0.15, 0.2) is 0 Å². The van der Waals surface area contributed by atoms with E-state index in [0.717, 1.165) is 62.2 Å². The summed E-state index contributed by atoms with van der Waals surface area (Å²) in [5, 5.41) is 0.716. The van der Waals surface area contributed by atoms with E-state index < -0.39 is 0 Å². The predicted octanol–water partition coefficient (Wildman–Crippen LogP) is 2.67. The van der Waals surface area contributed by atoms with Gasteiger partial charge in [0.2, 0.25) is 5.95 Å². The fourth-order valence-corrected chi connectivity index (χ4v) is 3.64. The third kappa shape index (κ3) is 3.71. The van der Waals surface area contributed by atoms with Crippen LogP contribution in [0.25, 0.3) is 0 Å². The zero-order valence-corrected chi connectivity index (χ0v) is 16.0. The average molecular weight is 374 g/mol. The fraction of sp³-hybridized carbons (Fsp3) is 0.474. The number of likely N-dealkylation sites (N-methyl/N-ethyl adjacent to an activating group) is 1. The molecule has 0 amide bonds. The van der Waals surface area contributed by atoms with Gasteiger partial charge in [-0.05, 0) is 32.2 Å². The van der Waals surface area contributed by atoms with Gasteiger partial charge in [0.25, 0.3) is 0 Å². The maximum atomic E-state index is 6.18. The highest BCUT2D eigenvalue weighted by atomic mass is 35.5. The van der Waals surface area contributed by atoms with Crippen LogP contribution in [0.4, 0.5) is 11.6 Å². The number of aromatic nitrogens is 2. The minimum Gasteiger partial charge on any atom is -0.487 e. The summed E-state index contributed by atoms with van der Waals surface area (Å²) in [5.74, 6) is 1.70. The highest BCUT2D eigenvalue weighted by Gasteiger charge is 2.24. The van der Waals surface area contributed by atoms with Crippen LogP contribution in [0, 0.1) is 0 Å². The smallest absolute Gasteiger partial charge is 0.225 e. The maximum absolute atomic E-state index is 6.18. The molecule has 0 aliphatic carbocycles. The molecular formula is C19H24ClN5O. The Hall–Kier alpha value is -2.05. The van der Waals surface area contributed by atoms with Crippen molar-refractivity contribution in [1.82, 2.24) is 14.9 Å². The summed E-state index contributed by atoms with van der Waals surface area (Å²) in [4.78, 5) is 16.0. The van der Waals surface area contributed by atoms with E-state index in [2.05, 4.69) is 38.6 Å². The third-order valence-corrected chi connectivity index (χ3v) is 5.15. The molecule has 26 heavy (non-hydrogen) atoms. The monoisotopic (exact) mass is 373 g/mol. The summed E-state index contributed by atoms with van der Waals surface area (Å²) in [5.41, 5.74) is 2.11. The lowest BCUT2D eigenvalue weighted by Crippen LogP contribution is -2.45. The lowest BCUT2D eigenvalue weighted by atomic mass is 10.1. The van der Waals surface area contributed by atoms with E-state index in [9.17, 15) is 0 Å². The number of hydrogen-bond acceptors (Lipinski definition) is 6. The molecule has 1 saturated heterocycles. The molecule has 0 bridgehead atoms. The average Bonchev–Trinajstić information content (AvgIpc) is 2.64. The summed E-state index contributed by atoms with van der Waals surface area (Å²) in [6, 6.07) is 5.76. The summed E-state index contributed by atoms with van der Waals surface area (Å²) in [6.45, 7) is 7.68. The Balaban J connectivity index is 1.48. The number of fused-ring (bicyclic) bond motifs is 1. The van der Waals surface area contributed by atoms with Gasteiger partial charge in [0.05, 0.1) is 12.2 Å². The van der Waals surface area contributed by atoms with Crippen molar-refractivity contribution in [3.05, 3.63) is 41.2 Å². The first-order chi connectivity index (χ1) is 12.6. The van der Waals surface area contributed by atoms with Crippen LogP contribution in [0.5, 0.6) is 5.75 Å². The number of anilines is 2. The van der Waals surface area contributed by atoms with Crippen molar-refractivity contribution in [3.8, 4) is 5.75 Å². The number of hydrogen-bond donors (Lipinski definition) is 0. The van der Waals surface area contributed by atoms with Gasteiger partial charge in [0.1, 0.15) is 11.9 Å².